The molecule has 1 unspecified atom stereocenters. The fraction of sp³-hybridized carbons (Fsp3) is 1.00. The van der Waals surface area contributed by atoms with Crippen LogP contribution in [0.1, 0.15) is 27.2 Å². The van der Waals surface area contributed by atoms with E-state index in [0.29, 0.717) is 0 Å². The second-order valence-electron chi connectivity index (χ2n) is 5.82. The summed E-state index contributed by atoms with van der Waals surface area (Å²) in [7, 11) is 2.17. The summed E-state index contributed by atoms with van der Waals surface area (Å²) in [4.78, 5) is 4.81. The average molecular weight is 214 g/mol. The number of rotatable bonds is 3. The van der Waals surface area contributed by atoms with E-state index < -0.39 is 0 Å². The first kappa shape index (κ1) is 12.9. The van der Waals surface area contributed by atoms with Crippen LogP contribution < -0.4 is 0 Å². The molecule has 0 aromatic rings. The molecule has 1 aliphatic rings. The molecule has 1 rings (SSSR count). The van der Waals surface area contributed by atoms with E-state index >= 15 is 0 Å². The van der Waals surface area contributed by atoms with Gasteiger partial charge in [-0.05, 0) is 18.9 Å². The van der Waals surface area contributed by atoms with Crippen LogP contribution in [0, 0.1) is 5.41 Å². The van der Waals surface area contributed by atoms with Gasteiger partial charge in [-0.3, -0.25) is 0 Å². The van der Waals surface area contributed by atoms with E-state index in [2.05, 4.69) is 37.6 Å². The molecule has 1 heterocycles. The summed E-state index contributed by atoms with van der Waals surface area (Å²) in [5.74, 6) is 0. The van der Waals surface area contributed by atoms with Crippen molar-refractivity contribution < 1.29 is 5.11 Å². The van der Waals surface area contributed by atoms with Crippen LogP contribution in [0.2, 0.25) is 0 Å². The van der Waals surface area contributed by atoms with Crippen molar-refractivity contribution in [1.29, 1.82) is 0 Å². The summed E-state index contributed by atoms with van der Waals surface area (Å²) in [6, 6.07) is 0. The maximum Gasteiger partial charge on any atom is 0.0600 e. The van der Waals surface area contributed by atoms with Gasteiger partial charge in [0.25, 0.3) is 0 Å². The Hall–Kier alpha value is -0.120. The van der Waals surface area contributed by atoms with Gasteiger partial charge >= 0.3 is 0 Å². The minimum atomic E-state index is -0.183. The topological polar surface area (TPSA) is 26.7 Å². The monoisotopic (exact) mass is 214 g/mol. The highest BCUT2D eigenvalue weighted by atomic mass is 16.3. The predicted octanol–water partition coefficient (Wildman–Crippen LogP) is 1.03. The minimum absolute atomic E-state index is 0.0204. The van der Waals surface area contributed by atoms with Crippen LogP contribution in [0.15, 0.2) is 0 Å². The van der Waals surface area contributed by atoms with E-state index in [1.807, 2.05) is 0 Å². The van der Waals surface area contributed by atoms with Crippen molar-refractivity contribution in [3.63, 3.8) is 0 Å². The highest BCUT2D eigenvalue weighted by Crippen LogP contribution is 2.21. The molecular weight excluding hydrogens is 188 g/mol. The molecule has 0 amide bonds. The molecule has 0 saturated carbocycles. The summed E-state index contributed by atoms with van der Waals surface area (Å²) in [6.45, 7) is 11.9. The van der Waals surface area contributed by atoms with Gasteiger partial charge in [-0.1, -0.05) is 20.8 Å². The molecule has 0 aromatic carbocycles. The van der Waals surface area contributed by atoms with E-state index in [9.17, 15) is 5.11 Å². The largest absolute Gasteiger partial charge is 0.393 e. The number of likely N-dealkylation sites (N-methyl/N-ethyl adjacent to an activating group) is 1. The predicted molar refractivity (Wildman–Crippen MR) is 64.0 cm³/mol. The number of piperazine rings is 1. The molecule has 1 fully saturated rings. The molecule has 1 saturated heterocycles. The molecule has 90 valence electrons. The third-order valence-corrected chi connectivity index (χ3v) is 3.31. The van der Waals surface area contributed by atoms with Crippen molar-refractivity contribution in [2.24, 2.45) is 5.41 Å². The van der Waals surface area contributed by atoms with Gasteiger partial charge in [-0.2, -0.15) is 0 Å². The zero-order chi connectivity index (χ0) is 11.5. The number of aliphatic hydroxyl groups is 1. The molecule has 0 aromatic heterocycles. The van der Waals surface area contributed by atoms with Crippen molar-refractivity contribution in [2.45, 2.75) is 33.3 Å². The first-order valence-corrected chi connectivity index (χ1v) is 5.98. The van der Waals surface area contributed by atoms with Gasteiger partial charge in [0, 0.05) is 32.7 Å². The SMILES string of the molecule is CN1CCN(CCC(O)C(C)(C)C)CC1. The lowest BCUT2D eigenvalue weighted by molar-refractivity contribution is 0.0401. The molecule has 3 nitrogen and oxygen atoms in total. The molecule has 1 aliphatic heterocycles. The highest BCUT2D eigenvalue weighted by Gasteiger charge is 2.23. The Bertz CT molecular complexity index is 181. The number of aliphatic hydroxyl groups excluding tert-OH is 1. The Kier molecular flexibility index (Phi) is 4.56. The Morgan fingerprint density at radius 2 is 1.67 bits per heavy atom. The van der Waals surface area contributed by atoms with Crippen LogP contribution in [0.5, 0.6) is 0 Å². The number of hydrogen-bond acceptors (Lipinski definition) is 3. The molecular formula is C12H26N2O. The van der Waals surface area contributed by atoms with Crippen LogP contribution in [-0.4, -0.2) is 60.8 Å². The van der Waals surface area contributed by atoms with Gasteiger partial charge < -0.3 is 14.9 Å². The lowest BCUT2D eigenvalue weighted by atomic mass is 9.87. The molecule has 0 spiro atoms. The smallest absolute Gasteiger partial charge is 0.0600 e. The van der Waals surface area contributed by atoms with Crippen LogP contribution in [0.4, 0.5) is 0 Å². The first-order chi connectivity index (χ1) is 6.89. The van der Waals surface area contributed by atoms with Gasteiger partial charge in [0.1, 0.15) is 0 Å². The second kappa shape index (κ2) is 5.28. The maximum atomic E-state index is 9.93. The molecule has 1 atom stereocenters. The van der Waals surface area contributed by atoms with E-state index in [-0.39, 0.29) is 11.5 Å². The Morgan fingerprint density at radius 3 is 2.13 bits per heavy atom. The molecule has 0 aliphatic carbocycles. The van der Waals surface area contributed by atoms with Gasteiger partial charge in [0.05, 0.1) is 6.10 Å². The standard InChI is InChI=1S/C12H26N2O/c1-12(2,3)11(15)5-6-14-9-7-13(4)8-10-14/h11,15H,5-10H2,1-4H3. The normalized spacial score (nSPS) is 23.0. The highest BCUT2D eigenvalue weighted by molar-refractivity contribution is 4.76. The van der Waals surface area contributed by atoms with Crippen molar-refractivity contribution >= 4 is 0 Å². The van der Waals surface area contributed by atoms with Crippen LogP contribution in [0.25, 0.3) is 0 Å². The van der Waals surface area contributed by atoms with E-state index in [1.165, 1.54) is 0 Å². The fourth-order valence-electron chi connectivity index (χ4n) is 1.81. The quantitative estimate of drug-likeness (QED) is 0.760. The zero-order valence-electron chi connectivity index (χ0n) is 10.7. The second-order valence-corrected chi connectivity index (χ2v) is 5.82. The van der Waals surface area contributed by atoms with Crippen molar-refractivity contribution in [1.82, 2.24) is 9.80 Å². The molecule has 15 heavy (non-hydrogen) atoms. The fourth-order valence-corrected chi connectivity index (χ4v) is 1.81. The number of hydrogen-bond donors (Lipinski definition) is 1. The van der Waals surface area contributed by atoms with Gasteiger partial charge in [-0.15, -0.1) is 0 Å². The molecule has 0 radical (unpaired) electrons. The summed E-state index contributed by atoms with van der Waals surface area (Å²) in [5, 5.41) is 9.93. The average Bonchev–Trinajstić information content (AvgIpc) is 2.15. The third kappa shape index (κ3) is 4.49. The zero-order valence-corrected chi connectivity index (χ0v) is 10.7. The molecule has 3 heteroatoms. The summed E-state index contributed by atoms with van der Waals surface area (Å²) < 4.78 is 0. The lowest BCUT2D eigenvalue weighted by Crippen LogP contribution is -2.45. The molecule has 1 N–H and O–H groups in total. The summed E-state index contributed by atoms with van der Waals surface area (Å²) in [6.07, 6.45) is 0.713. The van der Waals surface area contributed by atoms with E-state index in [1.54, 1.807) is 0 Å². The summed E-state index contributed by atoms with van der Waals surface area (Å²) in [5.41, 5.74) is 0.0204. The van der Waals surface area contributed by atoms with E-state index in [4.69, 9.17) is 0 Å². The molecule has 0 bridgehead atoms. The summed E-state index contributed by atoms with van der Waals surface area (Å²) >= 11 is 0. The van der Waals surface area contributed by atoms with Crippen LogP contribution >= 0.6 is 0 Å². The lowest BCUT2D eigenvalue weighted by Gasteiger charge is -2.34. The number of nitrogens with zero attached hydrogens (tertiary/aromatic N) is 2. The van der Waals surface area contributed by atoms with Crippen molar-refractivity contribution in [2.75, 3.05) is 39.8 Å². The van der Waals surface area contributed by atoms with Crippen molar-refractivity contribution in [3.05, 3.63) is 0 Å². The van der Waals surface area contributed by atoms with Gasteiger partial charge in [0.2, 0.25) is 0 Å². The maximum absolute atomic E-state index is 9.93. The van der Waals surface area contributed by atoms with Gasteiger partial charge in [-0.25, -0.2) is 0 Å². The van der Waals surface area contributed by atoms with Crippen LogP contribution in [-0.2, 0) is 0 Å². The van der Waals surface area contributed by atoms with Crippen LogP contribution in [0.3, 0.4) is 0 Å². The third-order valence-electron chi connectivity index (χ3n) is 3.31. The minimum Gasteiger partial charge on any atom is -0.393 e. The first-order valence-electron chi connectivity index (χ1n) is 5.98. The Morgan fingerprint density at radius 1 is 1.13 bits per heavy atom. The Labute approximate surface area is 94.1 Å². The van der Waals surface area contributed by atoms with Crippen molar-refractivity contribution in [3.8, 4) is 0 Å². The Balaban J connectivity index is 2.20. The van der Waals surface area contributed by atoms with Gasteiger partial charge in [0.15, 0.2) is 0 Å². The van der Waals surface area contributed by atoms with E-state index in [0.717, 1.165) is 39.1 Å².